The first-order chi connectivity index (χ1) is 15.1. The van der Waals surface area contributed by atoms with Crippen LogP contribution >= 0.6 is 11.6 Å². The molecular formula is C23H21ClN6O. The van der Waals surface area contributed by atoms with E-state index in [2.05, 4.69) is 20.6 Å². The van der Waals surface area contributed by atoms with Gasteiger partial charge in [-0.15, -0.1) is 5.10 Å². The van der Waals surface area contributed by atoms with E-state index in [1.807, 2.05) is 66.2 Å². The molecule has 0 unspecified atom stereocenters. The molecule has 156 valence electrons. The highest BCUT2D eigenvalue weighted by molar-refractivity contribution is 6.31. The number of benzene rings is 2. The smallest absolute Gasteiger partial charge is 0.280 e. The first-order valence-electron chi connectivity index (χ1n) is 10.2. The molecule has 0 saturated heterocycles. The van der Waals surface area contributed by atoms with Crippen molar-refractivity contribution in [3.8, 4) is 5.69 Å². The molecule has 5 rings (SSSR count). The lowest BCUT2D eigenvalue weighted by Gasteiger charge is -2.10. The van der Waals surface area contributed by atoms with Gasteiger partial charge in [0.15, 0.2) is 5.69 Å². The van der Waals surface area contributed by atoms with Crippen LogP contribution in [-0.2, 0) is 6.54 Å². The van der Waals surface area contributed by atoms with Gasteiger partial charge in [0.25, 0.3) is 5.91 Å². The van der Waals surface area contributed by atoms with Crippen molar-refractivity contribution in [2.75, 3.05) is 5.32 Å². The molecule has 1 N–H and O–H groups in total. The Morgan fingerprint density at radius 1 is 1.16 bits per heavy atom. The first kappa shape index (κ1) is 19.5. The van der Waals surface area contributed by atoms with Gasteiger partial charge in [0.1, 0.15) is 0 Å². The third kappa shape index (κ3) is 3.96. The SMILES string of the molecule is Cc1ccc(-n2nnc(C(=O)Nc3nccn3Cc3ccccc3Cl)c2C2CC2)cc1. The number of halogens is 1. The molecule has 7 nitrogen and oxygen atoms in total. The van der Waals surface area contributed by atoms with Crippen LogP contribution in [0.15, 0.2) is 60.9 Å². The number of carbonyl (C=O) groups is 1. The molecule has 1 fully saturated rings. The number of hydrogen-bond donors (Lipinski definition) is 1. The number of imidazole rings is 1. The number of hydrogen-bond acceptors (Lipinski definition) is 4. The summed E-state index contributed by atoms with van der Waals surface area (Å²) in [4.78, 5) is 17.4. The van der Waals surface area contributed by atoms with Gasteiger partial charge in [-0.25, -0.2) is 9.67 Å². The maximum Gasteiger partial charge on any atom is 0.280 e. The van der Waals surface area contributed by atoms with Gasteiger partial charge in [0.2, 0.25) is 5.95 Å². The van der Waals surface area contributed by atoms with Crippen molar-refractivity contribution in [1.29, 1.82) is 0 Å². The maximum atomic E-state index is 13.1. The van der Waals surface area contributed by atoms with Crippen LogP contribution in [0, 0.1) is 6.92 Å². The van der Waals surface area contributed by atoms with Gasteiger partial charge in [0.05, 0.1) is 17.9 Å². The molecule has 0 radical (unpaired) electrons. The van der Waals surface area contributed by atoms with E-state index < -0.39 is 0 Å². The molecule has 0 atom stereocenters. The zero-order chi connectivity index (χ0) is 21.4. The van der Waals surface area contributed by atoms with Crippen LogP contribution in [0.25, 0.3) is 5.69 Å². The lowest BCUT2D eigenvalue weighted by atomic mass is 10.2. The highest BCUT2D eigenvalue weighted by Crippen LogP contribution is 2.42. The van der Waals surface area contributed by atoms with Gasteiger partial charge in [-0.05, 0) is 43.5 Å². The van der Waals surface area contributed by atoms with E-state index in [-0.39, 0.29) is 5.91 Å². The lowest BCUT2D eigenvalue weighted by Crippen LogP contribution is -2.18. The standard InChI is InChI=1S/C23H21ClN6O/c1-15-6-10-18(11-7-15)30-21(16-8-9-16)20(27-28-30)22(31)26-23-25-12-13-29(23)14-17-4-2-3-5-19(17)24/h2-7,10-13,16H,8-9,14H2,1H3,(H,25,26,31). The van der Waals surface area contributed by atoms with Crippen LogP contribution in [0.4, 0.5) is 5.95 Å². The highest BCUT2D eigenvalue weighted by atomic mass is 35.5. The monoisotopic (exact) mass is 432 g/mol. The van der Waals surface area contributed by atoms with Crippen LogP contribution in [0.2, 0.25) is 5.02 Å². The van der Waals surface area contributed by atoms with Crippen LogP contribution < -0.4 is 5.32 Å². The number of aryl methyl sites for hydroxylation is 1. The normalized spacial score (nSPS) is 13.4. The number of nitrogens with one attached hydrogen (secondary N) is 1. The molecule has 1 amide bonds. The molecule has 2 aromatic heterocycles. The first-order valence-corrected chi connectivity index (χ1v) is 10.6. The Balaban J connectivity index is 1.42. The summed E-state index contributed by atoms with van der Waals surface area (Å²) in [5.74, 6) is 0.420. The Morgan fingerprint density at radius 3 is 2.68 bits per heavy atom. The number of aromatic nitrogens is 5. The summed E-state index contributed by atoms with van der Waals surface area (Å²) in [6, 6.07) is 15.7. The number of rotatable bonds is 6. The van der Waals surface area contributed by atoms with Crippen molar-refractivity contribution in [3.63, 3.8) is 0 Å². The number of carbonyl (C=O) groups excluding carboxylic acids is 1. The molecule has 1 aliphatic rings. The Bertz CT molecular complexity index is 1240. The summed E-state index contributed by atoms with van der Waals surface area (Å²) in [6.45, 7) is 2.54. The van der Waals surface area contributed by atoms with Crippen molar-refractivity contribution in [2.45, 2.75) is 32.2 Å². The molecule has 0 bridgehead atoms. The lowest BCUT2D eigenvalue weighted by molar-refractivity contribution is 0.102. The van der Waals surface area contributed by atoms with Crippen molar-refractivity contribution in [3.05, 3.63) is 88.5 Å². The fourth-order valence-corrected chi connectivity index (χ4v) is 3.78. The van der Waals surface area contributed by atoms with E-state index in [4.69, 9.17) is 11.6 Å². The van der Waals surface area contributed by atoms with E-state index in [1.54, 1.807) is 10.9 Å². The summed E-state index contributed by atoms with van der Waals surface area (Å²) < 4.78 is 3.63. The summed E-state index contributed by atoms with van der Waals surface area (Å²) in [5, 5.41) is 12.1. The van der Waals surface area contributed by atoms with Gasteiger partial charge in [-0.1, -0.05) is 52.7 Å². The van der Waals surface area contributed by atoms with Crippen LogP contribution in [0.1, 0.15) is 46.1 Å². The number of anilines is 1. The van der Waals surface area contributed by atoms with Gasteiger partial charge >= 0.3 is 0 Å². The zero-order valence-electron chi connectivity index (χ0n) is 17.0. The minimum atomic E-state index is -0.313. The van der Waals surface area contributed by atoms with E-state index in [1.165, 1.54) is 5.56 Å². The van der Waals surface area contributed by atoms with E-state index in [9.17, 15) is 4.79 Å². The van der Waals surface area contributed by atoms with Crippen molar-refractivity contribution in [2.24, 2.45) is 0 Å². The minimum Gasteiger partial charge on any atom is -0.313 e. The molecule has 2 heterocycles. The highest BCUT2D eigenvalue weighted by Gasteiger charge is 2.34. The molecule has 1 aliphatic carbocycles. The summed E-state index contributed by atoms with van der Waals surface area (Å²) in [7, 11) is 0. The molecular weight excluding hydrogens is 412 g/mol. The van der Waals surface area contributed by atoms with E-state index in [0.29, 0.717) is 29.1 Å². The van der Waals surface area contributed by atoms with Gasteiger partial charge in [-0.2, -0.15) is 0 Å². The average molecular weight is 433 g/mol. The molecule has 2 aromatic carbocycles. The third-order valence-electron chi connectivity index (χ3n) is 5.40. The predicted octanol–water partition coefficient (Wildman–Crippen LogP) is 4.60. The van der Waals surface area contributed by atoms with Crippen molar-refractivity contribution >= 4 is 23.5 Å². The molecule has 4 aromatic rings. The Morgan fingerprint density at radius 2 is 1.94 bits per heavy atom. The second-order valence-electron chi connectivity index (χ2n) is 7.77. The van der Waals surface area contributed by atoms with Gasteiger partial charge in [0, 0.05) is 23.3 Å². The second-order valence-corrected chi connectivity index (χ2v) is 8.18. The summed E-state index contributed by atoms with van der Waals surface area (Å²) in [6.07, 6.45) is 5.52. The zero-order valence-corrected chi connectivity index (χ0v) is 17.8. The largest absolute Gasteiger partial charge is 0.313 e. The molecule has 0 aliphatic heterocycles. The van der Waals surface area contributed by atoms with Crippen molar-refractivity contribution < 1.29 is 4.79 Å². The number of amides is 1. The van der Waals surface area contributed by atoms with Crippen molar-refractivity contribution in [1.82, 2.24) is 24.5 Å². The minimum absolute atomic E-state index is 0.292. The number of nitrogens with zero attached hydrogens (tertiary/aromatic N) is 5. The van der Waals surface area contributed by atoms with Crippen LogP contribution in [0.3, 0.4) is 0 Å². The van der Waals surface area contributed by atoms with E-state index in [0.717, 1.165) is 29.8 Å². The third-order valence-corrected chi connectivity index (χ3v) is 5.77. The Kier molecular flexibility index (Phi) is 5.03. The average Bonchev–Trinajstić information content (AvgIpc) is 3.36. The quantitative estimate of drug-likeness (QED) is 0.483. The summed E-state index contributed by atoms with van der Waals surface area (Å²) in [5.41, 5.74) is 4.21. The van der Waals surface area contributed by atoms with Gasteiger partial charge < -0.3 is 4.57 Å². The van der Waals surface area contributed by atoms with Crippen LogP contribution in [-0.4, -0.2) is 30.5 Å². The second kappa shape index (κ2) is 8.00. The molecule has 31 heavy (non-hydrogen) atoms. The van der Waals surface area contributed by atoms with E-state index >= 15 is 0 Å². The molecule has 8 heteroatoms. The molecule has 1 saturated carbocycles. The topological polar surface area (TPSA) is 77.6 Å². The maximum absolute atomic E-state index is 13.1. The van der Waals surface area contributed by atoms with Crippen LogP contribution in [0.5, 0.6) is 0 Å². The summed E-state index contributed by atoms with van der Waals surface area (Å²) >= 11 is 6.29. The Hall–Kier alpha value is -3.45. The predicted molar refractivity (Wildman–Crippen MR) is 119 cm³/mol. The van der Waals surface area contributed by atoms with Gasteiger partial charge in [-0.3, -0.25) is 10.1 Å². The fourth-order valence-electron chi connectivity index (χ4n) is 3.58. The fraction of sp³-hybridized carbons (Fsp3) is 0.217. The Labute approximate surface area is 184 Å². The molecule has 0 spiro atoms.